The molecule has 0 fully saturated rings. The van der Waals surface area contributed by atoms with Gasteiger partial charge in [0.1, 0.15) is 0 Å². The molecule has 1 rings (SSSR count). The molecule has 0 spiro atoms. The van der Waals surface area contributed by atoms with E-state index in [-0.39, 0.29) is 18.9 Å². The van der Waals surface area contributed by atoms with Gasteiger partial charge in [-0.1, -0.05) is 11.6 Å². The van der Waals surface area contributed by atoms with Gasteiger partial charge in [0.05, 0.1) is 22.7 Å². The Hall–Kier alpha value is -1.45. The number of rotatable bonds is 5. The van der Waals surface area contributed by atoms with Crippen LogP contribution in [-0.4, -0.2) is 19.1 Å². The highest BCUT2D eigenvalue weighted by molar-refractivity contribution is 9.10. The van der Waals surface area contributed by atoms with Crippen LogP contribution in [0.5, 0.6) is 5.75 Å². The Morgan fingerprint density at radius 1 is 1.61 bits per heavy atom. The van der Waals surface area contributed by atoms with E-state index in [4.69, 9.17) is 27.3 Å². The monoisotopic (exact) mass is 331 g/mol. The van der Waals surface area contributed by atoms with E-state index in [2.05, 4.69) is 21.2 Å². The molecule has 0 heterocycles. The summed E-state index contributed by atoms with van der Waals surface area (Å²) in [5.74, 6) is 0.0568. The summed E-state index contributed by atoms with van der Waals surface area (Å²) in [6.45, 7) is 0.131. The van der Waals surface area contributed by atoms with Gasteiger partial charge in [-0.25, -0.2) is 0 Å². The van der Waals surface area contributed by atoms with Crippen LogP contribution in [0.4, 0.5) is 5.69 Å². The molecule has 1 aromatic carbocycles. The summed E-state index contributed by atoms with van der Waals surface area (Å²) in [7, 11) is 0. The zero-order valence-electron chi connectivity index (χ0n) is 9.37. The number of hydrogen-bond donors (Lipinski definition) is 2. The Balaban J connectivity index is 2.54. The number of nitriles is 1. The Labute approximate surface area is 118 Å². The van der Waals surface area contributed by atoms with Crippen LogP contribution < -0.4 is 15.8 Å². The van der Waals surface area contributed by atoms with Crippen LogP contribution >= 0.6 is 27.5 Å². The van der Waals surface area contributed by atoms with Crippen molar-refractivity contribution in [2.75, 3.05) is 18.9 Å². The lowest BCUT2D eigenvalue weighted by molar-refractivity contribution is -0.123. The fraction of sp³-hybridized carbons (Fsp3) is 0.273. The summed E-state index contributed by atoms with van der Waals surface area (Å²) in [4.78, 5) is 11.4. The zero-order chi connectivity index (χ0) is 13.5. The molecule has 0 bridgehead atoms. The molecule has 18 heavy (non-hydrogen) atoms. The minimum Gasteiger partial charge on any atom is -0.480 e. The average molecular weight is 333 g/mol. The highest BCUT2D eigenvalue weighted by Gasteiger charge is 2.10. The summed E-state index contributed by atoms with van der Waals surface area (Å²) < 4.78 is 5.87. The normalized spacial score (nSPS) is 9.61. The first-order valence-corrected chi connectivity index (χ1v) is 6.22. The van der Waals surface area contributed by atoms with Gasteiger partial charge in [0.25, 0.3) is 5.91 Å². The first kappa shape index (κ1) is 14.6. The summed E-state index contributed by atoms with van der Waals surface area (Å²) >= 11 is 9.04. The molecule has 5 nitrogen and oxygen atoms in total. The topological polar surface area (TPSA) is 88.1 Å². The van der Waals surface area contributed by atoms with Gasteiger partial charge in [0.2, 0.25) is 0 Å². The van der Waals surface area contributed by atoms with Crippen molar-refractivity contribution in [2.24, 2.45) is 0 Å². The van der Waals surface area contributed by atoms with Gasteiger partial charge >= 0.3 is 0 Å². The minimum atomic E-state index is -0.313. The highest BCUT2D eigenvalue weighted by atomic mass is 79.9. The van der Waals surface area contributed by atoms with Crippen molar-refractivity contribution in [2.45, 2.75) is 6.42 Å². The van der Waals surface area contributed by atoms with E-state index in [1.807, 2.05) is 6.07 Å². The SMILES string of the molecule is N#CCCNC(=O)COc1c(N)cc(Cl)cc1Br. The van der Waals surface area contributed by atoms with Gasteiger partial charge in [0, 0.05) is 11.6 Å². The van der Waals surface area contributed by atoms with Crippen LogP contribution in [0.2, 0.25) is 5.02 Å². The van der Waals surface area contributed by atoms with E-state index in [9.17, 15) is 4.79 Å². The second-order valence-corrected chi connectivity index (χ2v) is 4.64. The van der Waals surface area contributed by atoms with Gasteiger partial charge in [-0.2, -0.15) is 5.26 Å². The third-order valence-electron chi connectivity index (χ3n) is 1.94. The van der Waals surface area contributed by atoms with E-state index in [1.54, 1.807) is 6.07 Å². The molecule has 0 atom stereocenters. The molecule has 96 valence electrons. The number of hydrogen-bond acceptors (Lipinski definition) is 4. The van der Waals surface area contributed by atoms with Gasteiger partial charge < -0.3 is 15.8 Å². The molecule has 1 aromatic rings. The second-order valence-electron chi connectivity index (χ2n) is 3.35. The van der Waals surface area contributed by atoms with Crippen LogP contribution in [-0.2, 0) is 4.79 Å². The number of nitrogens with two attached hydrogens (primary N) is 1. The number of halogens is 2. The summed E-state index contributed by atoms with van der Waals surface area (Å²) in [5, 5.41) is 11.3. The van der Waals surface area contributed by atoms with E-state index >= 15 is 0 Å². The van der Waals surface area contributed by atoms with E-state index in [0.717, 1.165) is 0 Å². The van der Waals surface area contributed by atoms with Gasteiger partial charge in [0.15, 0.2) is 12.4 Å². The molecule has 0 unspecified atom stereocenters. The number of carbonyl (C=O) groups is 1. The summed E-state index contributed by atoms with van der Waals surface area (Å²) in [6, 6.07) is 5.09. The predicted molar refractivity (Wildman–Crippen MR) is 72.3 cm³/mol. The molecule has 7 heteroatoms. The number of carbonyl (C=O) groups excluding carboxylic acids is 1. The molecule has 0 radical (unpaired) electrons. The van der Waals surface area contributed by atoms with Crippen molar-refractivity contribution in [1.29, 1.82) is 5.26 Å². The highest BCUT2D eigenvalue weighted by Crippen LogP contribution is 2.34. The molecule has 1 amide bonds. The lowest BCUT2D eigenvalue weighted by atomic mass is 10.3. The molecule has 0 aliphatic heterocycles. The standard InChI is InChI=1S/C11H11BrClN3O2/c12-8-4-7(13)5-9(15)11(8)18-6-10(17)16-3-1-2-14/h4-5H,1,3,6,15H2,(H,16,17). The van der Waals surface area contributed by atoms with Crippen molar-refractivity contribution >= 4 is 39.1 Å². The van der Waals surface area contributed by atoms with Gasteiger partial charge in [-0.05, 0) is 28.1 Å². The molecule has 3 N–H and O–H groups in total. The number of amides is 1. The van der Waals surface area contributed by atoms with Crippen LogP contribution in [0.1, 0.15) is 6.42 Å². The minimum absolute atomic E-state index is 0.171. The lowest BCUT2D eigenvalue weighted by Gasteiger charge is -2.11. The average Bonchev–Trinajstić information content (AvgIpc) is 2.27. The van der Waals surface area contributed by atoms with Gasteiger partial charge in [-0.3, -0.25) is 4.79 Å². The summed E-state index contributed by atoms with van der Waals surface area (Å²) in [6.07, 6.45) is 0.262. The van der Waals surface area contributed by atoms with Gasteiger partial charge in [-0.15, -0.1) is 0 Å². The van der Waals surface area contributed by atoms with E-state index in [0.29, 0.717) is 27.5 Å². The number of nitrogens with one attached hydrogen (secondary N) is 1. The number of benzene rings is 1. The third-order valence-corrected chi connectivity index (χ3v) is 2.75. The quantitative estimate of drug-likeness (QED) is 0.638. The van der Waals surface area contributed by atoms with E-state index < -0.39 is 0 Å². The third kappa shape index (κ3) is 4.43. The van der Waals surface area contributed by atoms with Crippen LogP contribution in [0.3, 0.4) is 0 Å². The molecule has 0 aromatic heterocycles. The number of ether oxygens (including phenoxy) is 1. The maximum Gasteiger partial charge on any atom is 0.257 e. The largest absolute Gasteiger partial charge is 0.480 e. The fourth-order valence-corrected chi connectivity index (χ4v) is 2.13. The number of nitrogens with zero attached hydrogens (tertiary/aromatic N) is 1. The number of anilines is 1. The van der Waals surface area contributed by atoms with Crippen LogP contribution in [0.15, 0.2) is 16.6 Å². The van der Waals surface area contributed by atoms with E-state index in [1.165, 1.54) is 6.07 Å². The predicted octanol–water partition coefficient (Wildman–Crippen LogP) is 2.09. The zero-order valence-corrected chi connectivity index (χ0v) is 11.7. The lowest BCUT2D eigenvalue weighted by Crippen LogP contribution is -2.29. The smallest absolute Gasteiger partial charge is 0.257 e. The Kier molecular flexibility index (Phi) is 5.75. The van der Waals surface area contributed by atoms with Crippen molar-refractivity contribution in [3.63, 3.8) is 0 Å². The van der Waals surface area contributed by atoms with Crippen molar-refractivity contribution in [1.82, 2.24) is 5.32 Å². The van der Waals surface area contributed by atoms with Crippen LogP contribution in [0, 0.1) is 11.3 Å². The first-order chi connectivity index (χ1) is 8.54. The Bertz CT molecular complexity index is 465. The van der Waals surface area contributed by atoms with Crippen molar-refractivity contribution in [3.05, 3.63) is 21.6 Å². The second kappa shape index (κ2) is 7.09. The van der Waals surface area contributed by atoms with Crippen molar-refractivity contribution < 1.29 is 9.53 Å². The molecule has 0 aliphatic carbocycles. The van der Waals surface area contributed by atoms with Crippen LogP contribution in [0.25, 0.3) is 0 Å². The first-order valence-electron chi connectivity index (χ1n) is 5.05. The number of nitrogen functional groups attached to an aromatic ring is 1. The maximum absolute atomic E-state index is 11.4. The molecular formula is C11H11BrClN3O2. The Morgan fingerprint density at radius 2 is 2.33 bits per heavy atom. The fourth-order valence-electron chi connectivity index (χ4n) is 1.18. The molecule has 0 saturated heterocycles. The summed E-state index contributed by atoms with van der Waals surface area (Å²) in [5.41, 5.74) is 6.06. The Morgan fingerprint density at radius 3 is 2.94 bits per heavy atom. The molecular weight excluding hydrogens is 321 g/mol. The molecule has 0 saturated carbocycles. The van der Waals surface area contributed by atoms with Crippen molar-refractivity contribution in [3.8, 4) is 11.8 Å². The molecule has 0 aliphatic rings. The maximum atomic E-state index is 11.4.